The third-order valence-corrected chi connectivity index (χ3v) is 4.20. The van der Waals surface area contributed by atoms with Gasteiger partial charge in [0.15, 0.2) is 0 Å². The standard InChI is InChI=1S/C17H27N3O2/c1-14(15-7-5-4-6-8-15)19-16(21)18-13-17(2,3)20-9-11-22-12-10-20/h4-8,14H,9-13H2,1-3H3,(H2,18,19,21). The number of amides is 2. The van der Waals surface area contributed by atoms with Crippen molar-refractivity contribution in [2.75, 3.05) is 32.8 Å². The molecule has 1 atom stereocenters. The summed E-state index contributed by atoms with van der Waals surface area (Å²) in [7, 11) is 0. The minimum Gasteiger partial charge on any atom is -0.379 e. The Kier molecular flexibility index (Phi) is 5.80. The fourth-order valence-corrected chi connectivity index (χ4v) is 2.65. The van der Waals surface area contributed by atoms with Crippen LogP contribution in [0.4, 0.5) is 4.79 Å². The molecule has 5 nitrogen and oxygen atoms in total. The van der Waals surface area contributed by atoms with Gasteiger partial charge in [-0.3, -0.25) is 4.90 Å². The van der Waals surface area contributed by atoms with E-state index in [1.807, 2.05) is 37.3 Å². The molecule has 0 spiro atoms. The lowest BCUT2D eigenvalue weighted by molar-refractivity contribution is -0.00876. The van der Waals surface area contributed by atoms with Gasteiger partial charge in [-0.2, -0.15) is 0 Å². The van der Waals surface area contributed by atoms with Crippen LogP contribution in [0.15, 0.2) is 30.3 Å². The van der Waals surface area contributed by atoms with Gasteiger partial charge < -0.3 is 15.4 Å². The maximum atomic E-state index is 12.1. The summed E-state index contributed by atoms with van der Waals surface area (Å²) in [6.45, 7) is 10.3. The molecular formula is C17H27N3O2. The minimum atomic E-state index is -0.127. The molecule has 1 aliphatic rings. The average Bonchev–Trinajstić information content (AvgIpc) is 2.55. The van der Waals surface area contributed by atoms with Crippen LogP contribution >= 0.6 is 0 Å². The molecule has 1 heterocycles. The molecule has 0 aliphatic carbocycles. The molecular weight excluding hydrogens is 278 g/mol. The molecule has 1 aromatic rings. The molecule has 22 heavy (non-hydrogen) atoms. The number of ether oxygens (including phenoxy) is 1. The normalized spacial score (nSPS) is 17.8. The lowest BCUT2D eigenvalue weighted by atomic mass is 10.0. The summed E-state index contributed by atoms with van der Waals surface area (Å²) < 4.78 is 5.38. The summed E-state index contributed by atoms with van der Waals surface area (Å²) in [4.78, 5) is 14.4. The smallest absolute Gasteiger partial charge is 0.315 e. The Hall–Kier alpha value is -1.59. The highest BCUT2D eigenvalue weighted by atomic mass is 16.5. The molecule has 2 rings (SSSR count). The Labute approximate surface area is 133 Å². The highest BCUT2D eigenvalue weighted by molar-refractivity contribution is 5.74. The first-order valence-corrected chi connectivity index (χ1v) is 7.91. The molecule has 0 aromatic heterocycles. The van der Waals surface area contributed by atoms with Gasteiger partial charge in [-0.1, -0.05) is 30.3 Å². The van der Waals surface area contributed by atoms with Crippen molar-refractivity contribution in [1.29, 1.82) is 0 Å². The summed E-state index contributed by atoms with van der Waals surface area (Å²) in [5.74, 6) is 0. The summed E-state index contributed by atoms with van der Waals surface area (Å²) in [5, 5.41) is 5.97. The van der Waals surface area contributed by atoms with Crippen LogP contribution in [0, 0.1) is 0 Å². The van der Waals surface area contributed by atoms with E-state index in [9.17, 15) is 4.79 Å². The van der Waals surface area contributed by atoms with Crippen LogP contribution in [0.2, 0.25) is 0 Å². The minimum absolute atomic E-state index is 0.00676. The Morgan fingerprint density at radius 1 is 1.27 bits per heavy atom. The fraction of sp³-hybridized carbons (Fsp3) is 0.588. The fourth-order valence-electron chi connectivity index (χ4n) is 2.65. The zero-order valence-electron chi connectivity index (χ0n) is 13.8. The van der Waals surface area contributed by atoms with Crippen LogP contribution in [-0.2, 0) is 4.74 Å². The van der Waals surface area contributed by atoms with Crippen molar-refractivity contribution in [2.24, 2.45) is 0 Å². The second kappa shape index (κ2) is 7.61. The Morgan fingerprint density at radius 3 is 2.55 bits per heavy atom. The molecule has 0 radical (unpaired) electrons. The Balaban J connectivity index is 1.79. The van der Waals surface area contributed by atoms with Gasteiger partial charge in [0, 0.05) is 25.2 Å². The zero-order chi connectivity index (χ0) is 16.0. The number of urea groups is 1. The van der Waals surface area contributed by atoms with Crippen molar-refractivity contribution in [3.8, 4) is 0 Å². The van der Waals surface area contributed by atoms with E-state index in [-0.39, 0.29) is 17.6 Å². The molecule has 0 saturated carbocycles. The molecule has 2 amide bonds. The van der Waals surface area contributed by atoms with E-state index < -0.39 is 0 Å². The third kappa shape index (κ3) is 4.71. The van der Waals surface area contributed by atoms with Gasteiger partial charge in [0.25, 0.3) is 0 Å². The van der Waals surface area contributed by atoms with Crippen molar-refractivity contribution in [2.45, 2.75) is 32.4 Å². The predicted octanol–water partition coefficient (Wildman–Crippen LogP) is 2.16. The molecule has 1 saturated heterocycles. The van der Waals surface area contributed by atoms with Gasteiger partial charge >= 0.3 is 6.03 Å². The highest BCUT2D eigenvalue weighted by Gasteiger charge is 2.28. The Bertz CT molecular complexity index is 470. The maximum absolute atomic E-state index is 12.1. The van der Waals surface area contributed by atoms with Gasteiger partial charge in [-0.25, -0.2) is 4.79 Å². The van der Waals surface area contributed by atoms with E-state index in [0.29, 0.717) is 6.54 Å². The summed E-state index contributed by atoms with van der Waals surface area (Å²) in [6.07, 6.45) is 0. The van der Waals surface area contributed by atoms with Crippen LogP contribution < -0.4 is 10.6 Å². The summed E-state index contributed by atoms with van der Waals surface area (Å²) >= 11 is 0. The number of carbonyl (C=O) groups excluding carboxylic acids is 1. The number of nitrogens with zero attached hydrogens (tertiary/aromatic N) is 1. The van der Waals surface area contributed by atoms with Crippen molar-refractivity contribution in [1.82, 2.24) is 15.5 Å². The monoisotopic (exact) mass is 305 g/mol. The van der Waals surface area contributed by atoms with Crippen LogP contribution in [0.25, 0.3) is 0 Å². The van der Waals surface area contributed by atoms with Gasteiger partial charge in [0.05, 0.1) is 19.3 Å². The molecule has 1 aliphatic heterocycles. The largest absolute Gasteiger partial charge is 0.379 e. The number of rotatable bonds is 5. The predicted molar refractivity (Wildman–Crippen MR) is 87.9 cm³/mol. The quantitative estimate of drug-likeness (QED) is 0.876. The van der Waals surface area contributed by atoms with E-state index in [0.717, 1.165) is 31.9 Å². The van der Waals surface area contributed by atoms with Crippen LogP contribution in [0.5, 0.6) is 0 Å². The van der Waals surface area contributed by atoms with E-state index >= 15 is 0 Å². The lowest BCUT2D eigenvalue weighted by Gasteiger charge is -2.40. The summed E-state index contributed by atoms with van der Waals surface area (Å²) in [5.41, 5.74) is 1.03. The number of hydrogen-bond acceptors (Lipinski definition) is 3. The number of carbonyl (C=O) groups is 1. The molecule has 1 fully saturated rings. The van der Waals surface area contributed by atoms with E-state index in [4.69, 9.17) is 4.74 Å². The van der Waals surface area contributed by atoms with Gasteiger partial charge in [-0.05, 0) is 26.3 Å². The van der Waals surface area contributed by atoms with Gasteiger partial charge in [0.2, 0.25) is 0 Å². The first-order chi connectivity index (χ1) is 10.5. The third-order valence-electron chi connectivity index (χ3n) is 4.20. The zero-order valence-corrected chi connectivity index (χ0v) is 13.8. The van der Waals surface area contributed by atoms with Crippen LogP contribution in [0.3, 0.4) is 0 Å². The highest BCUT2D eigenvalue weighted by Crippen LogP contribution is 2.15. The molecule has 0 bridgehead atoms. The molecule has 1 unspecified atom stereocenters. The molecule has 5 heteroatoms. The Morgan fingerprint density at radius 2 is 1.91 bits per heavy atom. The first-order valence-electron chi connectivity index (χ1n) is 7.91. The van der Waals surface area contributed by atoms with Crippen molar-refractivity contribution >= 4 is 6.03 Å². The van der Waals surface area contributed by atoms with E-state index in [2.05, 4.69) is 29.4 Å². The maximum Gasteiger partial charge on any atom is 0.315 e. The topological polar surface area (TPSA) is 53.6 Å². The second-order valence-electron chi connectivity index (χ2n) is 6.37. The van der Waals surface area contributed by atoms with E-state index in [1.54, 1.807) is 0 Å². The molecule has 2 N–H and O–H groups in total. The number of benzene rings is 1. The molecule has 122 valence electrons. The second-order valence-corrected chi connectivity index (χ2v) is 6.37. The van der Waals surface area contributed by atoms with E-state index in [1.165, 1.54) is 0 Å². The van der Waals surface area contributed by atoms with Crippen molar-refractivity contribution in [3.63, 3.8) is 0 Å². The van der Waals surface area contributed by atoms with Crippen LogP contribution in [-0.4, -0.2) is 49.3 Å². The number of nitrogens with one attached hydrogen (secondary N) is 2. The van der Waals surface area contributed by atoms with Gasteiger partial charge in [-0.15, -0.1) is 0 Å². The number of hydrogen-bond donors (Lipinski definition) is 2. The average molecular weight is 305 g/mol. The molecule has 1 aromatic carbocycles. The SMILES string of the molecule is CC(NC(=O)NCC(C)(C)N1CCOCC1)c1ccccc1. The first kappa shape index (κ1) is 16.8. The lowest BCUT2D eigenvalue weighted by Crippen LogP contribution is -2.56. The number of morpholine rings is 1. The van der Waals surface area contributed by atoms with Crippen LogP contribution in [0.1, 0.15) is 32.4 Å². The van der Waals surface area contributed by atoms with Gasteiger partial charge in [0.1, 0.15) is 0 Å². The summed E-state index contributed by atoms with van der Waals surface area (Å²) in [6, 6.07) is 9.83. The van der Waals surface area contributed by atoms with Crippen molar-refractivity contribution in [3.05, 3.63) is 35.9 Å². The van der Waals surface area contributed by atoms with Crippen molar-refractivity contribution < 1.29 is 9.53 Å².